The van der Waals surface area contributed by atoms with Gasteiger partial charge >= 0.3 is 0 Å². The predicted octanol–water partition coefficient (Wildman–Crippen LogP) is 1.88. The zero-order chi connectivity index (χ0) is 13.3. The monoisotopic (exact) mass is 248 g/mol. The number of nitrogens with zero attached hydrogens (tertiary/aromatic N) is 2. The van der Waals surface area contributed by atoms with Crippen molar-refractivity contribution in [3.8, 4) is 0 Å². The lowest BCUT2D eigenvalue weighted by Crippen LogP contribution is -2.30. The summed E-state index contributed by atoms with van der Waals surface area (Å²) in [7, 11) is 0. The molecular formula is C12H12N2O4. The molecule has 1 heterocycles. The third-order valence-corrected chi connectivity index (χ3v) is 3.05. The van der Waals surface area contributed by atoms with Gasteiger partial charge in [0.15, 0.2) is 0 Å². The van der Waals surface area contributed by atoms with Crippen LogP contribution in [0.25, 0.3) is 0 Å². The van der Waals surface area contributed by atoms with Gasteiger partial charge < -0.3 is 0 Å². The molecule has 6 nitrogen and oxygen atoms in total. The molecule has 0 spiro atoms. The molecule has 1 aromatic rings. The van der Waals surface area contributed by atoms with Gasteiger partial charge in [0.2, 0.25) is 11.8 Å². The quantitative estimate of drug-likeness (QED) is 0.464. The third-order valence-electron chi connectivity index (χ3n) is 3.05. The number of non-ortho nitro benzene ring substituents is 1. The molecule has 0 N–H and O–H groups in total. The second-order valence-corrected chi connectivity index (χ2v) is 4.15. The molecule has 1 aliphatic heterocycles. The molecule has 1 saturated heterocycles. The molecule has 18 heavy (non-hydrogen) atoms. The van der Waals surface area contributed by atoms with Crippen molar-refractivity contribution >= 4 is 23.2 Å². The van der Waals surface area contributed by atoms with Gasteiger partial charge in [0.25, 0.3) is 5.69 Å². The van der Waals surface area contributed by atoms with Gasteiger partial charge in [-0.25, -0.2) is 0 Å². The number of amides is 2. The van der Waals surface area contributed by atoms with Crippen molar-refractivity contribution in [2.75, 3.05) is 4.90 Å². The fourth-order valence-corrected chi connectivity index (χ4v) is 2.01. The molecule has 1 aliphatic rings. The van der Waals surface area contributed by atoms with Crippen molar-refractivity contribution in [1.82, 2.24) is 0 Å². The molecule has 94 valence electrons. The summed E-state index contributed by atoms with van der Waals surface area (Å²) in [5, 5.41) is 10.5. The van der Waals surface area contributed by atoms with Gasteiger partial charge in [0, 0.05) is 24.5 Å². The fraction of sp³-hybridized carbons (Fsp3) is 0.333. The minimum Gasteiger partial charge on any atom is -0.274 e. The van der Waals surface area contributed by atoms with Crippen LogP contribution in [0.1, 0.15) is 19.8 Å². The summed E-state index contributed by atoms with van der Waals surface area (Å²) in [5.41, 5.74) is 0.330. The van der Waals surface area contributed by atoms with Crippen molar-refractivity contribution in [2.45, 2.75) is 19.8 Å². The van der Waals surface area contributed by atoms with Crippen molar-refractivity contribution in [1.29, 1.82) is 0 Å². The zero-order valence-electron chi connectivity index (χ0n) is 9.83. The van der Waals surface area contributed by atoms with Gasteiger partial charge in [-0.3, -0.25) is 24.6 Å². The minimum absolute atomic E-state index is 0.0649. The smallest absolute Gasteiger partial charge is 0.269 e. The maximum absolute atomic E-state index is 11.9. The minimum atomic E-state index is -0.522. The first-order chi connectivity index (χ1) is 8.54. The van der Waals surface area contributed by atoms with Crippen molar-refractivity contribution in [3.63, 3.8) is 0 Å². The first-order valence-electron chi connectivity index (χ1n) is 5.66. The number of anilines is 1. The van der Waals surface area contributed by atoms with Gasteiger partial charge in [-0.15, -0.1) is 0 Å². The van der Waals surface area contributed by atoms with Crippen LogP contribution in [0.15, 0.2) is 24.3 Å². The predicted molar refractivity (Wildman–Crippen MR) is 64.0 cm³/mol. The largest absolute Gasteiger partial charge is 0.274 e. The molecule has 6 heteroatoms. The number of benzene rings is 1. The fourth-order valence-electron chi connectivity index (χ4n) is 2.01. The van der Waals surface area contributed by atoms with Gasteiger partial charge in [-0.1, -0.05) is 6.92 Å². The summed E-state index contributed by atoms with van der Waals surface area (Å²) in [6, 6.07) is 5.42. The van der Waals surface area contributed by atoms with E-state index in [1.165, 1.54) is 24.3 Å². The summed E-state index contributed by atoms with van der Waals surface area (Å²) < 4.78 is 0. The lowest BCUT2D eigenvalue weighted by Gasteiger charge is -2.14. The first-order valence-corrected chi connectivity index (χ1v) is 5.66. The van der Waals surface area contributed by atoms with Crippen molar-refractivity contribution in [3.05, 3.63) is 34.4 Å². The average molecular weight is 248 g/mol. The Labute approximate surface area is 103 Å². The summed E-state index contributed by atoms with van der Waals surface area (Å²) in [5.74, 6) is -0.746. The standard InChI is InChI=1S/C12H12N2O4/c1-2-8-7-11(15)13(12(8)16)9-3-5-10(6-4-9)14(17)18/h3-6,8H,2,7H2,1H3. The van der Waals surface area contributed by atoms with E-state index < -0.39 is 4.92 Å². The molecular weight excluding hydrogens is 236 g/mol. The van der Waals surface area contributed by atoms with E-state index in [1.807, 2.05) is 6.92 Å². The molecule has 2 rings (SSSR count). The lowest BCUT2D eigenvalue weighted by molar-refractivity contribution is -0.384. The highest BCUT2D eigenvalue weighted by molar-refractivity contribution is 6.20. The van der Waals surface area contributed by atoms with E-state index in [4.69, 9.17) is 0 Å². The van der Waals surface area contributed by atoms with Crippen LogP contribution in [-0.2, 0) is 9.59 Å². The van der Waals surface area contributed by atoms with Gasteiger partial charge in [0.05, 0.1) is 10.6 Å². The van der Waals surface area contributed by atoms with E-state index in [0.717, 1.165) is 4.90 Å². The Balaban J connectivity index is 2.29. The third kappa shape index (κ3) is 1.97. The van der Waals surface area contributed by atoms with E-state index in [9.17, 15) is 19.7 Å². The molecule has 0 aliphatic carbocycles. The number of rotatable bonds is 3. The summed E-state index contributed by atoms with van der Waals surface area (Å²) in [6.07, 6.45) is 0.834. The Morgan fingerprint density at radius 2 is 1.94 bits per heavy atom. The Kier molecular flexibility index (Phi) is 3.10. The van der Waals surface area contributed by atoms with E-state index >= 15 is 0 Å². The van der Waals surface area contributed by atoms with Crippen molar-refractivity contribution < 1.29 is 14.5 Å². The number of carbonyl (C=O) groups excluding carboxylic acids is 2. The first kappa shape index (κ1) is 12.2. The lowest BCUT2D eigenvalue weighted by atomic mass is 10.1. The van der Waals surface area contributed by atoms with Crippen LogP contribution in [0.5, 0.6) is 0 Å². The number of hydrogen-bond donors (Lipinski definition) is 0. The van der Waals surface area contributed by atoms with E-state index in [1.54, 1.807) is 0 Å². The molecule has 0 saturated carbocycles. The van der Waals surface area contributed by atoms with Crippen LogP contribution in [0.3, 0.4) is 0 Å². The Hall–Kier alpha value is -2.24. The second-order valence-electron chi connectivity index (χ2n) is 4.15. The maximum atomic E-state index is 11.9. The molecule has 1 aromatic carbocycles. The van der Waals surface area contributed by atoms with Gasteiger partial charge in [-0.2, -0.15) is 0 Å². The highest BCUT2D eigenvalue weighted by Gasteiger charge is 2.38. The molecule has 0 radical (unpaired) electrons. The number of imide groups is 1. The zero-order valence-corrected chi connectivity index (χ0v) is 9.83. The Morgan fingerprint density at radius 1 is 1.33 bits per heavy atom. The highest BCUT2D eigenvalue weighted by Crippen LogP contribution is 2.29. The number of nitro benzene ring substituents is 1. The van der Waals surface area contributed by atoms with Gasteiger partial charge in [0.1, 0.15) is 0 Å². The molecule has 1 atom stereocenters. The van der Waals surface area contributed by atoms with E-state index in [0.29, 0.717) is 12.1 Å². The van der Waals surface area contributed by atoms with Crippen LogP contribution in [0.2, 0.25) is 0 Å². The molecule has 0 bridgehead atoms. The summed E-state index contributed by atoms with van der Waals surface area (Å²) in [4.78, 5) is 34.8. The van der Waals surface area contributed by atoms with Crippen LogP contribution >= 0.6 is 0 Å². The maximum Gasteiger partial charge on any atom is 0.269 e. The highest BCUT2D eigenvalue weighted by atomic mass is 16.6. The average Bonchev–Trinajstić information content (AvgIpc) is 2.64. The van der Waals surface area contributed by atoms with Crippen LogP contribution in [0, 0.1) is 16.0 Å². The van der Waals surface area contributed by atoms with Crippen LogP contribution in [-0.4, -0.2) is 16.7 Å². The number of hydrogen-bond acceptors (Lipinski definition) is 4. The summed E-state index contributed by atoms with van der Waals surface area (Å²) >= 11 is 0. The van der Waals surface area contributed by atoms with Gasteiger partial charge in [-0.05, 0) is 18.6 Å². The molecule has 1 fully saturated rings. The normalized spacial score (nSPS) is 19.4. The van der Waals surface area contributed by atoms with Crippen LogP contribution < -0.4 is 4.90 Å². The summed E-state index contributed by atoms with van der Waals surface area (Å²) in [6.45, 7) is 1.86. The van der Waals surface area contributed by atoms with Crippen molar-refractivity contribution in [2.24, 2.45) is 5.92 Å². The van der Waals surface area contributed by atoms with E-state index in [-0.39, 0.29) is 29.8 Å². The Bertz CT molecular complexity index is 509. The topological polar surface area (TPSA) is 80.5 Å². The van der Waals surface area contributed by atoms with Crippen LogP contribution in [0.4, 0.5) is 11.4 Å². The SMILES string of the molecule is CCC1CC(=O)N(c2ccc([N+](=O)[O-])cc2)C1=O. The Morgan fingerprint density at radius 3 is 2.39 bits per heavy atom. The number of nitro groups is 1. The van der Waals surface area contributed by atoms with E-state index in [2.05, 4.69) is 0 Å². The molecule has 0 aromatic heterocycles. The molecule has 1 unspecified atom stereocenters. The second kappa shape index (κ2) is 4.56. The molecule has 2 amide bonds. The number of carbonyl (C=O) groups is 2.